The van der Waals surface area contributed by atoms with Gasteiger partial charge in [-0.05, 0) is 86.2 Å². The maximum absolute atomic E-state index is 13.3. The average Bonchev–Trinajstić information content (AvgIpc) is 3.28. The summed E-state index contributed by atoms with van der Waals surface area (Å²) in [7, 11) is 0. The lowest BCUT2D eigenvalue weighted by atomic mass is 10.0. The number of aryl methyl sites for hydroxylation is 1. The molecule has 2 aliphatic rings. The number of nitrogen functional groups attached to an aromatic ring is 1. The molecule has 3 aromatic rings. The fourth-order valence-electron chi connectivity index (χ4n) is 5.01. The highest BCUT2D eigenvalue weighted by Gasteiger charge is 2.26. The second-order valence-corrected chi connectivity index (χ2v) is 9.39. The van der Waals surface area contributed by atoms with Gasteiger partial charge in [-0.1, -0.05) is 12.1 Å². The van der Waals surface area contributed by atoms with E-state index in [4.69, 9.17) is 5.73 Å². The van der Waals surface area contributed by atoms with Crippen molar-refractivity contribution in [2.75, 3.05) is 40.5 Å². The summed E-state index contributed by atoms with van der Waals surface area (Å²) >= 11 is 0. The van der Waals surface area contributed by atoms with Gasteiger partial charge in [0.15, 0.2) is 0 Å². The molecule has 35 heavy (non-hydrogen) atoms. The average molecular weight is 470 g/mol. The number of nitrogens with two attached hydrogens (primary N) is 1. The van der Waals surface area contributed by atoms with Crippen LogP contribution in [0, 0.1) is 6.92 Å². The van der Waals surface area contributed by atoms with Gasteiger partial charge in [-0.25, -0.2) is 4.98 Å². The first-order valence-corrected chi connectivity index (χ1v) is 12.3. The molecule has 0 saturated carbocycles. The number of carbonyl (C=O) groups excluding carboxylic acids is 2. The molecule has 0 spiro atoms. The summed E-state index contributed by atoms with van der Waals surface area (Å²) < 4.78 is 0. The predicted molar refractivity (Wildman–Crippen MR) is 140 cm³/mol. The van der Waals surface area contributed by atoms with Crippen LogP contribution in [0.1, 0.15) is 46.4 Å². The summed E-state index contributed by atoms with van der Waals surface area (Å²) in [5.41, 5.74) is 12.0. The molecule has 3 N–H and O–H groups in total. The van der Waals surface area contributed by atoms with Crippen molar-refractivity contribution < 1.29 is 9.59 Å². The highest BCUT2D eigenvalue weighted by molar-refractivity contribution is 6.08. The molecule has 3 heterocycles. The quantitative estimate of drug-likeness (QED) is 0.580. The minimum Gasteiger partial charge on any atom is -0.384 e. The number of pyridine rings is 1. The lowest BCUT2D eigenvalue weighted by Gasteiger charge is -2.30. The fourth-order valence-corrected chi connectivity index (χ4v) is 5.01. The molecule has 1 fully saturated rings. The van der Waals surface area contributed by atoms with Gasteiger partial charge in [0.05, 0.1) is 17.7 Å². The normalized spacial score (nSPS) is 15.1. The molecule has 0 unspecified atom stereocenters. The van der Waals surface area contributed by atoms with Crippen LogP contribution >= 0.6 is 0 Å². The zero-order valence-electron chi connectivity index (χ0n) is 20.1. The van der Waals surface area contributed by atoms with E-state index in [1.807, 2.05) is 42.5 Å². The van der Waals surface area contributed by atoms with Crippen molar-refractivity contribution in [3.8, 4) is 0 Å². The lowest BCUT2D eigenvalue weighted by molar-refractivity contribution is -0.117. The number of nitrogens with zero attached hydrogens (tertiary/aromatic N) is 3. The Morgan fingerprint density at radius 1 is 0.971 bits per heavy atom. The van der Waals surface area contributed by atoms with Crippen LogP contribution in [-0.4, -0.2) is 36.4 Å². The molecule has 2 aromatic carbocycles. The summed E-state index contributed by atoms with van der Waals surface area (Å²) in [6, 6.07) is 17.1. The molecular weight excluding hydrogens is 438 g/mol. The van der Waals surface area contributed by atoms with Crippen LogP contribution in [0.15, 0.2) is 54.6 Å². The van der Waals surface area contributed by atoms with Crippen molar-refractivity contribution in [3.05, 3.63) is 77.0 Å². The van der Waals surface area contributed by atoms with Crippen molar-refractivity contribution in [1.29, 1.82) is 0 Å². The van der Waals surface area contributed by atoms with Gasteiger partial charge in [-0.15, -0.1) is 0 Å². The van der Waals surface area contributed by atoms with Crippen LogP contribution in [0.2, 0.25) is 0 Å². The van der Waals surface area contributed by atoms with E-state index in [1.165, 1.54) is 6.42 Å². The molecule has 5 rings (SSSR count). The summed E-state index contributed by atoms with van der Waals surface area (Å²) in [6.45, 7) is 4.64. The van der Waals surface area contributed by atoms with E-state index in [1.54, 1.807) is 11.0 Å². The largest absolute Gasteiger partial charge is 0.384 e. The van der Waals surface area contributed by atoms with Gasteiger partial charge in [0.25, 0.3) is 5.91 Å². The molecule has 0 atom stereocenters. The number of anilines is 4. The highest BCUT2D eigenvalue weighted by Crippen LogP contribution is 2.32. The molecule has 7 nitrogen and oxygen atoms in total. The zero-order valence-corrected chi connectivity index (χ0v) is 20.1. The number of fused-ring (bicyclic) bond motifs is 1. The van der Waals surface area contributed by atoms with Gasteiger partial charge in [0.1, 0.15) is 5.82 Å². The highest BCUT2D eigenvalue weighted by atomic mass is 16.2. The van der Waals surface area contributed by atoms with E-state index >= 15 is 0 Å². The summed E-state index contributed by atoms with van der Waals surface area (Å²) in [6.07, 6.45) is 4.51. The van der Waals surface area contributed by atoms with Crippen molar-refractivity contribution >= 4 is 34.7 Å². The number of carbonyl (C=O) groups is 2. The Bertz CT molecular complexity index is 1270. The first-order chi connectivity index (χ1) is 17.0. The van der Waals surface area contributed by atoms with Crippen LogP contribution in [0.25, 0.3) is 0 Å². The second kappa shape index (κ2) is 9.78. The molecule has 0 bridgehead atoms. The first-order valence-electron chi connectivity index (χ1n) is 12.3. The third-order valence-electron chi connectivity index (χ3n) is 6.79. The minimum atomic E-state index is -0.107. The summed E-state index contributed by atoms with van der Waals surface area (Å²) in [5, 5.41) is 3.08. The lowest BCUT2D eigenvalue weighted by Crippen LogP contribution is -2.31. The molecule has 1 aromatic heterocycles. The molecular formula is C28H31N5O2. The van der Waals surface area contributed by atoms with Crippen molar-refractivity contribution in [2.24, 2.45) is 0 Å². The van der Waals surface area contributed by atoms with Crippen molar-refractivity contribution in [3.63, 3.8) is 0 Å². The topological polar surface area (TPSA) is 91.6 Å². The number of aromatic nitrogens is 1. The van der Waals surface area contributed by atoms with Gasteiger partial charge < -0.3 is 20.9 Å². The van der Waals surface area contributed by atoms with E-state index in [9.17, 15) is 9.59 Å². The van der Waals surface area contributed by atoms with E-state index in [0.29, 0.717) is 23.6 Å². The van der Waals surface area contributed by atoms with Gasteiger partial charge in [-0.2, -0.15) is 0 Å². The smallest absolute Gasteiger partial charge is 0.257 e. The Hall–Kier alpha value is -3.87. The molecule has 2 aliphatic heterocycles. The van der Waals surface area contributed by atoms with Crippen LogP contribution in [0.5, 0.6) is 0 Å². The maximum Gasteiger partial charge on any atom is 0.257 e. The zero-order chi connectivity index (χ0) is 24.4. The number of rotatable bonds is 5. The van der Waals surface area contributed by atoms with Gasteiger partial charge in [-0.3, -0.25) is 9.59 Å². The number of benzene rings is 2. The Kier molecular flexibility index (Phi) is 6.40. The monoisotopic (exact) mass is 469 g/mol. The van der Waals surface area contributed by atoms with Crippen LogP contribution in [0.3, 0.4) is 0 Å². The molecule has 2 amide bonds. The number of hydrogen-bond acceptors (Lipinski definition) is 5. The second-order valence-electron chi connectivity index (χ2n) is 9.39. The first kappa shape index (κ1) is 22.9. The van der Waals surface area contributed by atoms with E-state index < -0.39 is 0 Å². The number of piperidine rings is 1. The predicted octanol–water partition coefficient (Wildman–Crippen LogP) is 4.35. The maximum atomic E-state index is 13.3. The van der Waals surface area contributed by atoms with Crippen molar-refractivity contribution in [2.45, 2.75) is 39.0 Å². The van der Waals surface area contributed by atoms with E-state index in [2.05, 4.69) is 28.2 Å². The molecule has 1 saturated heterocycles. The number of nitrogens with one attached hydrogen (secondary N) is 1. The fraction of sp³-hybridized carbons (Fsp3) is 0.321. The minimum absolute atomic E-state index is 0.00976. The van der Waals surface area contributed by atoms with Gasteiger partial charge in [0, 0.05) is 36.7 Å². The summed E-state index contributed by atoms with van der Waals surface area (Å²) in [4.78, 5) is 34.6. The third kappa shape index (κ3) is 4.99. The van der Waals surface area contributed by atoms with E-state index in [-0.39, 0.29) is 18.2 Å². The standard InChI is InChI=1S/C28H31N5O2/c1-19-8-10-23(25(16-19)32-13-3-2-4-14-32)28(35)31-22-9-11-24-20(17-22)12-15-33(24)27(34)18-21-6-5-7-26(29)30-21/h5-11,16-17H,2-4,12-15,18H2,1H3,(H2,29,30)(H,31,35). The molecule has 7 heteroatoms. The number of amides is 2. The van der Waals surface area contributed by atoms with Gasteiger partial charge >= 0.3 is 0 Å². The molecule has 180 valence electrons. The Labute approximate surface area is 206 Å². The van der Waals surface area contributed by atoms with Crippen LogP contribution in [-0.2, 0) is 17.6 Å². The third-order valence-corrected chi connectivity index (χ3v) is 6.79. The van der Waals surface area contributed by atoms with Crippen molar-refractivity contribution in [1.82, 2.24) is 4.98 Å². The number of hydrogen-bond donors (Lipinski definition) is 2. The molecule has 0 aliphatic carbocycles. The molecule has 0 radical (unpaired) electrons. The van der Waals surface area contributed by atoms with E-state index in [0.717, 1.165) is 60.5 Å². The Morgan fingerprint density at radius 3 is 2.60 bits per heavy atom. The summed E-state index contributed by atoms with van der Waals surface area (Å²) in [5.74, 6) is 0.295. The Morgan fingerprint density at radius 2 is 1.80 bits per heavy atom. The van der Waals surface area contributed by atoms with Gasteiger partial charge in [0.2, 0.25) is 5.91 Å². The van der Waals surface area contributed by atoms with Crippen LogP contribution < -0.4 is 20.9 Å². The Balaban J connectivity index is 1.31. The SMILES string of the molecule is Cc1ccc(C(=O)Nc2ccc3c(c2)CCN3C(=O)Cc2cccc(N)n2)c(N2CCCCC2)c1. The van der Waals surface area contributed by atoms with Crippen LogP contribution in [0.4, 0.5) is 22.9 Å².